The molecule has 1 aromatic carbocycles. The second-order valence-electron chi connectivity index (χ2n) is 3.40. The number of rotatable bonds is 5. The van der Waals surface area contributed by atoms with Crippen molar-refractivity contribution < 1.29 is 14.6 Å². The van der Waals surface area contributed by atoms with Gasteiger partial charge in [0.15, 0.2) is 0 Å². The average Bonchev–Trinajstić information content (AvgIpc) is 2.35. The molecule has 0 aliphatic carbocycles. The highest BCUT2D eigenvalue weighted by Gasteiger charge is 2.19. The van der Waals surface area contributed by atoms with E-state index in [0.29, 0.717) is 0 Å². The van der Waals surface area contributed by atoms with Crippen LogP contribution in [0.5, 0.6) is 0 Å². The Balaban J connectivity index is 2.85. The van der Waals surface area contributed by atoms with Crippen LogP contribution in [0.15, 0.2) is 55.1 Å². The first-order valence-corrected chi connectivity index (χ1v) is 5.01. The third-order valence-corrected chi connectivity index (χ3v) is 2.23. The van der Waals surface area contributed by atoms with Gasteiger partial charge < -0.3 is 4.74 Å². The van der Waals surface area contributed by atoms with E-state index >= 15 is 0 Å². The Morgan fingerprint density at radius 2 is 1.88 bits per heavy atom. The molecular formula is C13H14NO3. The van der Waals surface area contributed by atoms with E-state index in [2.05, 4.69) is 17.9 Å². The Hall–Kier alpha value is -2.23. The Kier molecular flexibility index (Phi) is 4.34. The second kappa shape index (κ2) is 5.75. The highest BCUT2D eigenvalue weighted by atomic mass is 16.5. The number of ether oxygens (including phenoxy) is 1. The van der Waals surface area contributed by atoms with E-state index < -0.39 is 11.9 Å². The lowest BCUT2D eigenvalue weighted by Crippen LogP contribution is -2.25. The fraction of sp³-hybridized carbons (Fsp3) is 0.154. The summed E-state index contributed by atoms with van der Waals surface area (Å²) in [7, 11) is 1.24. The largest absolute Gasteiger partial charge is 0.464 e. The van der Waals surface area contributed by atoms with Crippen molar-refractivity contribution in [2.75, 3.05) is 7.11 Å². The van der Waals surface area contributed by atoms with Crippen LogP contribution in [-0.4, -0.2) is 18.0 Å². The Bertz CT molecular complexity index is 426. The zero-order chi connectivity index (χ0) is 12.8. The Labute approximate surface area is 100 Å². The minimum atomic E-state index is -0.641. The second-order valence-corrected chi connectivity index (χ2v) is 3.40. The van der Waals surface area contributed by atoms with Gasteiger partial charge in [-0.15, -0.1) is 0 Å². The van der Waals surface area contributed by atoms with Crippen LogP contribution in [0.25, 0.3) is 0 Å². The molecule has 1 aromatic rings. The molecule has 0 fully saturated rings. The molecule has 0 amide bonds. The molecule has 0 saturated carbocycles. The van der Waals surface area contributed by atoms with Gasteiger partial charge in [-0.05, 0) is 12.1 Å². The van der Waals surface area contributed by atoms with Crippen LogP contribution < -0.4 is 0 Å². The van der Waals surface area contributed by atoms with Gasteiger partial charge in [-0.3, -0.25) is 10.0 Å². The van der Waals surface area contributed by atoms with Crippen LogP contribution in [0.4, 0.5) is 0 Å². The average molecular weight is 232 g/mol. The van der Waals surface area contributed by atoms with Crippen LogP contribution in [-0.2, 0) is 21.2 Å². The van der Waals surface area contributed by atoms with Crippen molar-refractivity contribution in [3.05, 3.63) is 60.6 Å². The fourth-order valence-electron chi connectivity index (χ4n) is 1.33. The first-order valence-electron chi connectivity index (χ1n) is 5.01. The minimum absolute atomic E-state index is 0.0173. The SMILES string of the molecule is C=C([O])N(Cc1ccccc1)C(=C)C(=O)OC. The lowest BCUT2D eigenvalue weighted by molar-refractivity contribution is -0.138. The molecule has 0 aromatic heterocycles. The van der Waals surface area contributed by atoms with E-state index in [9.17, 15) is 9.90 Å². The van der Waals surface area contributed by atoms with Gasteiger partial charge >= 0.3 is 5.97 Å². The van der Waals surface area contributed by atoms with Crippen molar-refractivity contribution in [3.63, 3.8) is 0 Å². The molecule has 0 saturated heterocycles. The van der Waals surface area contributed by atoms with Crippen molar-refractivity contribution in [1.29, 1.82) is 0 Å². The molecule has 0 aliphatic heterocycles. The number of hydrogen-bond donors (Lipinski definition) is 0. The molecule has 1 rings (SSSR count). The van der Waals surface area contributed by atoms with Gasteiger partial charge in [0.05, 0.1) is 13.7 Å². The van der Waals surface area contributed by atoms with E-state index in [1.807, 2.05) is 30.3 Å². The van der Waals surface area contributed by atoms with Crippen LogP contribution in [0, 0.1) is 0 Å². The summed E-state index contributed by atoms with van der Waals surface area (Å²) in [5.41, 5.74) is 0.867. The molecule has 0 unspecified atom stereocenters. The lowest BCUT2D eigenvalue weighted by atomic mass is 10.2. The molecule has 0 heterocycles. The van der Waals surface area contributed by atoms with Crippen molar-refractivity contribution in [1.82, 2.24) is 4.90 Å². The van der Waals surface area contributed by atoms with Crippen LogP contribution in [0.3, 0.4) is 0 Å². The molecule has 0 spiro atoms. The first kappa shape index (κ1) is 12.8. The van der Waals surface area contributed by atoms with E-state index in [1.54, 1.807) is 0 Å². The predicted molar refractivity (Wildman–Crippen MR) is 63.0 cm³/mol. The summed E-state index contributed by atoms with van der Waals surface area (Å²) >= 11 is 0. The predicted octanol–water partition coefficient (Wildman–Crippen LogP) is 2.08. The molecule has 4 nitrogen and oxygen atoms in total. The van der Waals surface area contributed by atoms with Crippen LogP contribution in [0.2, 0.25) is 0 Å². The molecule has 1 radical (unpaired) electrons. The molecule has 0 atom stereocenters. The molecule has 0 N–H and O–H groups in total. The molecule has 17 heavy (non-hydrogen) atoms. The van der Waals surface area contributed by atoms with Crippen molar-refractivity contribution in [3.8, 4) is 0 Å². The van der Waals surface area contributed by atoms with Gasteiger partial charge in [0.2, 0.25) is 5.88 Å². The first-order chi connectivity index (χ1) is 8.06. The Morgan fingerprint density at radius 1 is 1.29 bits per heavy atom. The number of methoxy groups -OCH3 is 1. The standard InChI is InChI=1S/C13H14NO3/c1-10(13(16)17-3)14(11(2)15)9-12-7-5-4-6-8-12/h4-8H,1-2,9H2,3H3. The number of esters is 1. The normalized spacial score (nSPS) is 9.47. The molecular weight excluding hydrogens is 218 g/mol. The topological polar surface area (TPSA) is 49.4 Å². The third kappa shape index (κ3) is 3.38. The highest BCUT2D eigenvalue weighted by Crippen LogP contribution is 2.15. The number of benzene rings is 1. The van der Waals surface area contributed by atoms with E-state index in [1.165, 1.54) is 12.0 Å². The van der Waals surface area contributed by atoms with Gasteiger partial charge in [0.1, 0.15) is 5.70 Å². The summed E-state index contributed by atoms with van der Waals surface area (Å²) in [5.74, 6) is -1.14. The van der Waals surface area contributed by atoms with Gasteiger partial charge in [-0.25, -0.2) is 4.79 Å². The van der Waals surface area contributed by atoms with E-state index in [0.717, 1.165) is 5.56 Å². The van der Waals surface area contributed by atoms with Crippen molar-refractivity contribution >= 4 is 5.97 Å². The van der Waals surface area contributed by atoms with E-state index in [4.69, 9.17) is 0 Å². The molecule has 0 bridgehead atoms. The number of carbonyl (C=O) groups is 1. The smallest absolute Gasteiger partial charge is 0.354 e. The fourth-order valence-corrected chi connectivity index (χ4v) is 1.33. The monoisotopic (exact) mass is 232 g/mol. The van der Waals surface area contributed by atoms with Crippen LogP contribution >= 0.6 is 0 Å². The maximum atomic E-state index is 11.4. The summed E-state index contributed by atoms with van der Waals surface area (Å²) in [6, 6.07) is 9.26. The molecule has 0 aliphatic rings. The molecule has 89 valence electrons. The summed E-state index contributed by atoms with van der Waals surface area (Å²) in [4.78, 5) is 12.5. The maximum absolute atomic E-state index is 11.4. The molecule has 4 heteroatoms. The highest BCUT2D eigenvalue weighted by molar-refractivity contribution is 5.87. The summed E-state index contributed by atoms with van der Waals surface area (Å²) < 4.78 is 4.52. The van der Waals surface area contributed by atoms with Crippen molar-refractivity contribution in [2.24, 2.45) is 0 Å². The summed E-state index contributed by atoms with van der Waals surface area (Å²) in [6.45, 7) is 7.07. The van der Waals surface area contributed by atoms with Gasteiger partial charge in [0, 0.05) is 0 Å². The van der Waals surface area contributed by atoms with Crippen LogP contribution in [0.1, 0.15) is 5.56 Å². The third-order valence-electron chi connectivity index (χ3n) is 2.23. The maximum Gasteiger partial charge on any atom is 0.354 e. The van der Waals surface area contributed by atoms with Gasteiger partial charge in [0.25, 0.3) is 0 Å². The lowest BCUT2D eigenvalue weighted by Gasteiger charge is -2.21. The Morgan fingerprint density at radius 3 is 2.35 bits per heavy atom. The van der Waals surface area contributed by atoms with Gasteiger partial charge in [-0.2, -0.15) is 0 Å². The van der Waals surface area contributed by atoms with E-state index in [-0.39, 0.29) is 12.2 Å². The quantitative estimate of drug-likeness (QED) is 0.443. The summed E-state index contributed by atoms with van der Waals surface area (Å²) in [6.07, 6.45) is 0. The van der Waals surface area contributed by atoms with Gasteiger partial charge in [-0.1, -0.05) is 36.9 Å². The zero-order valence-corrected chi connectivity index (χ0v) is 9.68. The number of nitrogens with zero attached hydrogens (tertiary/aromatic N) is 1. The minimum Gasteiger partial charge on any atom is -0.464 e. The summed E-state index contributed by atoms with van der Waals surface area (Å²) in [5, 5.41) is 11.4. The zero-order valence-electron chi connectivity index (χ0n) is 9.68. The number of carbonyl (C=O) groups excluding carboxylic acids is 1. The van der Waals surface area contributed by atoms with Crippen molar-refractivity contribution in [2.45, 2.75) is 6.54 Å². The number of hydrogen-bond acceptors (Lipinski definition) is 3.